The lowest BCUT2D eigenvalue weighted by atomic mass is 10.2. The van der Waals surface area contributed by atoms with Gasteiger partial charge in [-0.2, -0.15) is 0 Å². The summed E-state index contributed by atoms with van der Waals surface area (Å²) >= 11 is 5.92. The van der Waals surface area contributed by atoms with E-state index in [0.717, 1.165) is 19.4 Å². The summed E-state index contributed by atoms with van der Waals surface area (Å²) in [6.45, 7) is 1.66. The fourth-order valence-corrected chi connectivity index (χ4v) is 3.15. The van der Waals surface area contributed by atoms with Gasteiger partial charge in [-0.3, -0.25) is 0 Å². The van der Waals surface area contributed by atoms with Crippen molar-refractivity contribution < 1.29 is 4.79 Å². The number of hydrogen-bond donors (Lipinski definition) is 2. The van der Waals surface area contributed by atoms with Crippen LogP contribution in [-0.4, -0.2) is 25.2 Å². The second kappa shape index (κ2) is 7.38. The van der Waals surface area contributed by atoms with Gasteiger partial charge in [-0.25, -0.2) is 4.79 Å². The van der Waals surface area contributed by atoms with Crippen LogP contribution in [0.25, 0.3) is 0 Å². The first-order valence-corrected chi connectivity index (χ1v) is 8.22. The normalized spacial score (nSPS) is 17.1. The molecule has 0 aromatic heterocycles. The zero-order chi connectivity index (χ0) is 16.1. The second-order valence-corrected chi connectivity index (χ2v) is 6.11. The van der Waals surface area contributed by atoms with E-state index in [-0.39, 0.29) is 6.03 Å². The Balaban J connectivity index is 1.54. The molecule has 120 valence electrons. The van der Waals surface area contributed by atoms with Crippen molar-refractivity contribution in [3.8, 4) is 0 Å². The van der Waals surface area contributed by atoms with Gasteiger partial charge in [0.25, 0.3) is 0 Å². The zero-order valence-electron chi connectivity index (χ0n) is 12.8. The molecule has 4 nitrogen and oxygen atoms in total. The molecule has 23 heavy (non-hydrogen) atoms. The Morgan fingerprint density at radius 3 is 2.78 bits per heavy atom. The largest absolute Gasteiger partial charge is 0.367 e. The van der Waals surface area contributed by atoms with Crippen LogP contribution in [-0.2, 0) is 0 Å². The van der Waals surface area contributed by atoms with Crippen molar-refractivity contribution in [2.24, 2.45) is 0 Å². The maximum atomic E-state index is 12.0. The third-order valence-electron chi connectivity index (χ3n) is 4.05. The van der Waals surface area contributed by atoms with Gasteiger partial charge in [-0.05, 0) is 43.2 Å². The SMILES string of the molecule is O=C(NCC1CCCN1c1ccccc1)Nc1cccc(Cl)c1. The van der Waals surface area contributed by atoms with Crippen LogP contribution in [0.2, 0.25) is 5.02 Å². The van der Waals surface area contributed by atoms with E-state index < -0.39 is 0 Å². The summed E-state index contributed by atoms with van der Waals surface area (Å²) in [5, 5.41) is 6.37. The van der Waals surface area contributed by atoms with Crippen LogP contribution in [0.1, 0.15) is 12.8 Å². The quantitative estimate of drug-likeness (QED) is 0.885. The van der Waals surface area contributed by atoms with E-state index in [1.54, 1.807) is 12.1 Å². The molecular weight excluding hydrogens is 310 g/mol. The average Bonchev–Trinajstić information content (AvgIpc) is 3.02. The van der Waals surface area contributed by atoms with E-state index in [4.69, 9.17) is 11.6 Å². The molecule has 1 atom stereocenters. The highest BCUT2D eigenvalue weighted by Gasteiger charge is 2.24. The van der Waals surface area contributed by atoms with E-state index >= 15 is 0 Å². The summed E-state index contributed by atoms with van der Waals surface area (Å²) in [4.78, 5) is 14.4. The molecule has 2 amide bonds. The zero-order valence-corrected chi connectivity index (χ0v) is 13.6. The number of benzene rings is 2. The maximum Gasteiger partial charge on any atom is 0.319 e. The predicted molar refractivity (Wildman–Crippen MR) is 95.3 cm³/mol. The summed E-state index contributed by atoms with van der Waals surface area (Å²) < 4.78 is 0. The summed E-state index contributed by atoms with van der Waals surface area (Å²) in [6, 6.07) is 17.6. The van der Waals surface area contributed by atoms with Crippen LogP contribution < -0.4 is 15.5 Å². The monoisotopic (exact) mass is 329 g/mol. The number of anilines is 2. The van der Waals surface area contributed by atoms with Crippen LogP contribution in [0.15, 0.2) is 54.6 Å². The highest BCUT2D eigenvalue weighted by molar-refractivity contribution is 6.30. The van der Waals surface area contributed by atoms with Crippen molar-refractivity contribution in [3.63, 3.8) is 0 Å². The first-order valence-electron chi connectivity index (χ1n) is 7.84. The van der Waals surface area contributed by atoms with Crippen LogP contribution >= 0.6 is 11.6 Å². The number of urea groups is 1. The molecule has 5 heteroatoms. The van der Waals surface area contributed by atoms with Gasteiger partial charge in [0.05, 0.1) is 0 Å². The lowest BCUT2D eigenvalue weighted by Crippen LogP contribution is -2.41. The van der Waals surface area contributed by atoms with Gasteiger partial charge in [0.15, 0.2) is 0 Å². The first kappa shape index (κ1) is 15.7. The number of carbonyl (C=O) groups is 1. The van der Waals surface area contributed by atoms with Gasteiger partial charge in [-0.15, -0.1) is 0 Å². The summed E-state index contributed by atoms with van der Waals surface area (Å²) in [5.74, 6) is 0. The number of amides is 2. The molecule has 1 aliphatic rings. The minimum atomic E-state index is -0.202. The molecule has 0 radical (unpaired) electrons. The minimum Gasteiger partial charge on any atom is -0.367 e. The van der Waals surface area contributed by atoms with E-state index in [1.165, 1.54) is 5.69 Å². The molecule has 0 saturated carbocycles. The molecule has 1 unspecified atom stereocenters. The van der Waals surface area contributed by atoms with Crippen LogP contribution in [0.3, 0.4) is 0 Å². The molecule has 2 aromatic carbocycles. The molecule has 0 spiro atoms. The molecule has 1 aliphatic heterocycles. The van der Waals surface area contributed by atoms with Gasteiger partial charge in [0.1, 0.15) is 0 Å². The lowest BCUT2D eigenvalue weighted by Gasteiger charge is -2.27. The molecule has 0 aliphatic carbocycles. The fraction of sp³-hybridized carbons (Fsp3) is 0.278. The minimum absolute atomic E-state index is 0.202. The number of para-hydroxylation sites is 1. The molecule has 1 fully saturated rings. The Bertz CT molecular complexity index is 662. The van der Waals surface area contributed by atoms with Crippen molar-refractivity contribution in [2.75, 3.05) is 23.3 Å². The van der Waals surface area contributed by atoms with Crippen LogP contribution in [0.5, 0.6) is 0 Å². The highest BCUT2D eigenvalue weighted by atomic mass is 35.5. The third-order valence-corrected chi connectivity index (χ3v) is 4.28. The Morgan fingerprint density at radius 2 is 2.00 bits per heavy atom. The summed E-state index contributed by atoms with van der Waals surface area (Å²) in [7, 11) is 0. The first-order chi connectivity index (χ1) is 11.2. The number of halogens is 1. The van der Waals surface area contributed by atoms with Crippen molar-refractivity contribution in [1.29, 1.82) is 0 Å². The number of nitrogens with zero attached hydrogens (tertiary/aromatic N) is 1. The van der Waals surface area contributed by atoms with Crippen molar-refractivity contribution in [2.45, 2.75) is 18.9 Å². The summed E-state index contributed by atoms with van der Waals surface area (Å²) in [6.07, 6.45) is 2.24. The molecule has 2 N–H and O–H groups in total. The van der Waals surface area contributed by atoms with Gasteiger partial charge < -0.3 is 15.5 Å². The molecule has 0 bridgehead atoms. The van der Waals surface area contributed by atoms with Gasteiger partial charge >= 0.3 is 6.03 Å². The van der Waals surface area contributed by atoms with Gasteiger partial charge in [0, 0.05) is 35.5 Å². The number of hydrogen-bond acceptors (Lipinski definition) is 2. The number of rotatable bonds is 4. The van der Waals surface area contributed by atoms with Gasteiger partial charge in [0.2, 0.25) is 0 Å². The van der Waals surface area contributed by atoms with Crippen molar-refractivity contribution in [1.82, 2.24) is 5.32 Å². The number of carbonyl (C=O) groups excluding carboxylic acids is 1. The van der Waals surface area contributed by atoms with E-state index in [1.807, 2.05) is 30.3 Å². The van der Waals surface area contributed by atoms with Crippen LogP contribution in [0.4, 0.5) is 16.2 Å². The molecule has 1 saturated heterocycles. The van der Waals surface area contributed by atoms with Crippen molar-refractivity contribution >= 4 is 29.0 Å². The Kier molecular flexibility index (Phi) is 5.03. The fourth-order valence-electron chi connectivity index (χ4n) is 2.96. The smallest absolute Gasteiger partial charge is 0.319 e. The van der Waals surface area contributed by atoms with Crippen molar-refractivity contribution in [3.05, 3.63) is 59.6 Å². The van der Waals surface area contributed by atoms with Crippen LogP contribution in [0, 0.1) is 0 Å². The third kappa shape index (κ3) is 4.17. The maximum absolute atomic E-state index is 12.0. The average molecular weight is 330 g/mol. The number of nitrogens with one attached hydrogen (secondary N) is 2. The van der Waals surface area contributed by atoms with E-state index in [2.05, 4.69) is 27.7 Å². The predicted octanol–water partition coefficient (Wildman–Crippen LogP) is 4.13. The Hall–Kier alpha value is -2.20. The molecule has 3 rings (SSSR count). The molecule has 2 aromatic rings. The topological polar surface area (TPSA) is 44.4 Å². The summed E-state index contributed by atoms with van der Waals surface area (Å²) in [5.41, 5.74) is 1.91. The van der Waals surface area contributed by atoms with E-state index in [9.17, 15) is 4.79 Å². The highest BCUT2D eigenvalue weighted by Crippen LogP contribution is 2.24. The van der Waals surface area contributed by atoms with E-state index in [0.29, 0.717) is 23.3 Å². The lowest BCUT2D eigenvalue weighted by molar-refractivity contribution is 0.251. The standard InChI is InChI=1S/C18H20ClN3O/c19-14-6-4-7-15(12-14)21-18(23)20-13-17-10-5-11-22(17)16-8-2-1-3-9-16/h1-4,6-9,12,17H,5,10-11,13H2,(H2,20,21,23). The second-order valence-electron chi connectivity index (χ2n) is 5.67. The Morgan fingerprint density at radius 1 is 1.17 bits per heavy atom. The Labute approximate surface area is 141 Å². The van der Waals surface area contributed by atoms with Gasteiger partial charge in [-0.1, -0.05) is 35.9 Å². The molecule has 1 heterocycles. The molecular formula is C18H20ClN3O.